The van der Waals surface area contributed by atoms with Crippen LogP contribution in [0.5, 0.6) is 0 Å². The van der Waals surface area contributed by atoms with Gasteiger partial charge in [0, 0.05) is 13.1 Å². The smallest absolute Gasteiger partial charge is 0.0705 e. The van der Waals surface area contributed by atoms with Crippen LogP contribution in [-0.4, -0.2) is 50.0 Å². The maximum Gasteiger partial charge on any atom is 0.0705 e. The average Bonchev–Trinajstić information content (AvgIpc) is 1.99. The Balaban J connectivity index is 1.77. The van der Waals surface area contributed by atoms with Gasteiger partial charge in [0.15, 0.2) is 0 Å². The lowest BCUT2D eigenvalue weighted by molar-refractivity contribution is -0.116. The lowest BCUT2D eigenvalue weighted by atomic mass is 10.0. The normalized spacial score (nSPS) is 30.6. The first-order valence-electron chi connectivity index (χ1n) is 5.69. The van der Waals surface area contributed by atoms with Gasteiger partial charge in [-0.2, -0.15) is 0 Å². The van der Waals surface area contributed by atoms with Crippen molar-refractivity contribution in [1.82, 2.24) is 4.90 Å². The van der Waals surface area contributed by atoms with E-state index in [0.29, 0.717) is 12.1 Å². The predicted octanol–water partition coefficient (Wildman–Crippen LogP) is 1.13. The minimum absolute atomic E-state index is 0.448. The summed E-state index contributed by atoms with van der Waals surface area (Å²) >= 11 is 0. The van der Waals surface area contributed by atoms with E-state index in [-0.39, 0.29) is 0 Å². The van der Waals surface area contributed by atoms with E-state index < -0.39 is 0 Å². The van der Waals surface area contributed by atoms with Crippen molar-refractivity contribution in [3.05, 3.63) is 0 Å². The number of rotatable bonds is 3. The fourth-order valence-corrected chi connectivity index (χ4v) is 2.18. The Bertz CT molecular complexity index is 180. The lowest BCUT2D eigenvalue weighted by Crippen LogP contribution is -2.55. The van der Waals surface area contributed by atoms with Crippen molar-refractivity contribution in [2.45, 2.75) is 32.4 Å². The first-order valence-corrected chi connectivity index (χ1v) is 5.69. The molecule has 0 aliphatic carbocycles. The summed E-state index contributed by atoms with van der Waals surface area (Å²) in [7, 11) is 0. The van der Waals surface area contributed by atoms with Gasteiger partial charge < -0.3 is 9.47 Å². The SMILES string of the molecule is CC(C)CC1CN(C2COC2)CCO1. The van der Waals surface area contributed by atoms with E-state index in [9.17, 15) is 0 Å². The third-order valence-electron chi connectivity index (χ3n) is 3.04. The Morgan fingerprint density at radius 2 is 2.14 bits per heavy atom. The first kappa shape index (κ1) is 10.4. The predicted molar refractivity (Wildman–Crippen MR) is 55.4 cm³/mol. The average molecular weight is 199 g/mol. The number of hydrogen-bond donors (Lipinski definition) is 0. The minimum Gasteiger partial charge on any atom is -0.378 e. The summed E-state index contributed by atoms with van der Waals surface area (Å²) in [6.07, 6.45) is 1.63. The summed E-state index contributed by atoms with van der Waals surface area (Å²) in [5.74, 6) is 0.734. The summed E-state index contributed by atoms with van der Waals surface area (Å²) in [6, 6.07) is 0.675. The zero-order chi connectivity index (χ0) is 9.97. The second-order valence-corrected chi connectivity index (χ2v) is 4.81. The molecule has 14 heavy (non-hydrogen) atoms. The molecule has 0 aromatic heterocycles. The van der Waals surface area contributed by atoms with Crippen LogP contribution in [0.15, 0.2) is 0 Å². The molecular weight excluding hydrogens is 178 g/mol. The highest BCUT2D eigenvalue weighted by Gasteiger charge is 2.30. The number of morpholine rings is 1. The van der Waals surface area contributed by atoms with Crippen molar-refractivity contribution in [2.75, 3.05) is 32.9 Å². The van der Waals surface area contributed by atoms with Gasteiger partial charge in [-0.3, -0.25) is 4.90 Å². The van der Waals surface area contributed by atoms with Crippen LogP contribution >= 0.6 is 0 Å². The molecule has 0 N–H and O–H groups in total. The molecule has 3 nitrogen and oxygen atoms in total. The third kappa shape index (κ3) is 2.47. The standard InChI is InChI=1S/C11H21NO2/c1-9(2)5-11-6-12(3-4-14-11)10-7-13-8-10/h9-11H,3-8H2,1-2H3. The molecule has 3 heteroatoms. The summed E-state index contributed by atoms with van der Waals surface area (Å²) in [6.45, 7) is 9.45. The highest BCUT2D eigenvalue weighted by atomic mass is 16.5. The van der Waals surface area contributed by atoms with Crippen molar-refractivity contribution < 1.29 is 9.47 Å². The Hall–Kier alpha value is -0.120. The Labute approximate surface area is 86.4 Å². The minimum atomic E-state index is 0.448. The van der Waals surface area contributed by atoms with Gasteiger partial charge in [0.1, 0.15) is 0 Å². The molecule has 0 radical (unpaired) electrons. The molecule has 0 saturated carbocycles. The van der Waals surface area contributed by atoms with Crippen LogP contribution in [0.25, 0.3) is 0 Å². The van der Waals surface area contributed by atoms with Gasteiger partial charge in [-0.15, -0.1) is 0 Å². The summed E-state index contributed by atoms with van der Waals surface area (Å²) in [5.41, 5.74) is 0. The van der Waals surface area contributed by atoms with Crippen LogP contribution in [-0.2, 0) is 9.47 Å². The first-order chi connectivity index (χ1) is 6.75. The Kier molecular flexibility index (Phi) is 3.42. The maximum atomic E-state index is 5.76. The Morgan fingerprint density at radius 1 is 1.36 bits per heavy atom. The molecule has 82 valence electrons. The monoisotopic (exact) mass is 199 g/mol. The Morgan fingerprint density at radius 3 is 2.71 bits per heavy atom. The summed E-state index contributed by atoms with van der Waals surface area (Å²) in [4.78, 5) is 2.53. The number of hydrogen-bond acceptors (Lipinski definition) is 3. The van der Waals surface area contributed by atoms with E-state index in [1.807, 2.05) is 0 Å². The zero-order valence-corrected chi connectivity index (χ0v) is 9.24. The third-order valence-corrected chi connectivity index (χ3v) is 3.04. The highest BCUT2D eigenvalue weighted by Crippen LogP contribution is 2.18. The van der Waals surface area contributed by atoms with E-state index in [1.54, 1.807) is 0 Å². The van der Waals surface area contributed by atoms with Gasteiger partial charge in [-0.05, 0) is 12.3 Å². The summed E-state index contributed by atoms with van der Waals surface area (Å²) in [5, 5.41) is 0. The molecule has 2 saturated heterocycles. The second kappa shape index (κ2) is 4.60. The molecule has 2 aliphatic rings. The topological polar surface area (TPSA) is 21.7 Å². The van der Waals surface area contributed by atoms with Crippen molar-refractivity contribution in [1.29, 1.82) is 0 Å². The van der Waals surface area contributed by atoms with E-state index in [2.05, 4.69) is 18.7 Å². The molecule has 0 aromatic carbocycles. The highest BCUT2D eigenvalue weighted by molar-refractivity contribution is 4.82. The van der Waals surface area contributed by atoms with Gasteiger partial charge in [-0.1, -0.05) is 13.8 Å². The molecular formula is C11H21NO2. The van der Waals surface area contributed by atoms with Gasteiger partial charge >= 0.3 is 0 Å². The van der Waals surface area contributed by atoms with Gasteiger partial charge in [0.05, 0.1) is 32.0 Å². The summed E-state index contributed by atoms with van der Waals surface area (Å²) < 4.78 is 11.0. The zero-order valence-electron chi connectivity index (χ0n) is 9.24. The van der Waals surface area contributed by atoms with Crippen LogP contribution < -0.4 is 0 Å². The van der Waals surface area contributed by atoms with Crippen LogP contribution in [0.3, 0.4) is 0 Å². The molecule has 2 fully saturated rings. The molecule has 0 bridgehead atoms. The molecule has 1 unspecified atom stereocenters. The second-order valence-electron chi connectivity index (χ2n) is 4.81. The molecule has 1 atom stereocenters. The van der Waals surface area contributed by atoms with Crippen molar-refractivity contribution in [3.8, 4) is 0 Å². The molecule has 2 aliphatic heterocycles. The largest absolute Gasteiger partial charge is 0.378 e. The maximum absolute atomic E-state index is 5.76. The quantitative estimate of drug-likeness (QED) is 0.680. The van der Waals surface area contributed by atoms with Gasteiger partial charge in [-0.25, -0.2) is 0 Å². The van der Waals surface area contributed by atoms with E-state index in [1.165, 1.54) is 6.42 Å². The number of nitrogens with zero attached hydrogens (tertiary/aromatic N) is 1. The molecule has 2 rings (SSSR count). The molecule has 0 amide bonds. The van der Waals surface area contributed by atoms with Crippen LogP contribution in [0.4, 0.5) is 0 Å². The van der Waals surface area contributed by atoms with Crippen molar-refractivity contribution in [3.63, 3.8) is 0 Å². The van der Waals surface area contributed by atoms with Crippen LogP contribution in [0.1, 0.15) is 20.3 Å². The number of ether oxygens (including phenoxy) is 2. The molecule has 0 aromatic rings. The van der Waals surface area contributed by atoms with Crippen molar-refractivity contribution in [2.24, 2.45) is 5.92 Å². The molecule has 2 heterocycles. The van der Waals surface area contributed by atoms with Crippen LogP contribution in [0, 0.1) is 5.92 Å². The van der Waals surface area contributed by atoms with Crippen molar-refractivity contribution >= 4 is 0 Å². The van der Waals surface area contributed by atoms with E-state index in [4.69, 9.17) is 9.47 Å². The van der Waals surface area contributed by atoms with E-state index in [0.717, 1.165) is 38.8 Å². The molecule has 0 spiro atoms. The fraction of sp³-hybridized carbons (Fsp3) is 1.00. The lowest BCUT2D eigenvalue weighted by Gasteiger charge is -2.42. The van der Waals surface area contributed by atoms with E-state index >= 15 is 0 Å². The fourth-order valence-electron chi connectivity index (χ4n) is 2.18. The van der Waals surface area contributed by atoms with Crippen LogP contribution in [0.2, 0.25) is 0 Å². The van der Waals surface area contributed by atoms with Gasteiger partial charge in [0.2, 0.25) is 0 Å². The van der Waals surface area contributed by atoms with Gasteiger partial charge in [0.25, 0.3) is 0 Å².